The van der Waals surface area contributed by atoms with Gasteiger partial charge in [0.1, 0.15) is 49.4 Å². The predicted octanol–water partition coefficient (Wildman–Crippen LogP) is 4.94. The molecule has 2 aromatic carbocycles. The van der Waals surface area contributed by atoms with Gasteiger partial charge in [0, 0.05) is 69.0 Å². The molecule has 1 aliphatic carbocycles. The molecule has 9 rings (SSSR count). The van der Waals surface area contributed by atoms with Crippen LogP contribution < -0.4 is 31.6 Å². The first-order chi connectivity index (χ1) is 42.9. The first-order valence-electron chi connectivity index (χ1n) is 28.7. The molecule has 0 spiro atoms. The summed E-state index contributed by atoms with van der Waals surface area (Å²) in [4.78, 5) is 125. The summed E-state index contributed by atoms with van der Waals surface area (Å²) in [7, 11) is 1.51. The Balaban J connectivity index is 0.748. The second kappa shape index (κ2) is 29.7. The van der Waals surface area contributed by atoms with Crippen molar-refractivity contribution >= 4 is 102 Å². The first-order valence-corrected chi connectivity index (χ1v) is 34.1. The van der Waals surface area contributed by atoms with Crippen molar-refractivity contribution in [2.75, 3.05) is 37.4 Å². The van der Waals surface area contributed by atoms with Crippen molar-refractivity contribution in [3.05, 3.63) is 113 Å². The molecule has 5 aromatic rings. The number of unbranched alkanes of at least 4 members (excludes halogenated alkanes) is 2. The third-order valence-corrected chi connectivity index (χ3v) is 18.3. The highest BCUT2D eigenvalue weighted by molar-refractivity contribution is 8.44. The Labute approximate surface area is 525 Å². The van der Waals surface area contributed by atoms with E-state index >= 15 is 0 Å². The van der Waals surface area contributed by atoms with Crippen LogP contribution in [-0.2, 0) is 85.0 Å². The maximum Gasteiger partial charge on any atom is 0.410 e. The van der Waals surface area contributed by atoms with Crippen molar-refractivity contribution < 1.29 is 80.1 Å². The Morgan fingerprint density at radius 3 is 2.29 bits per heavy atom. The van der Waals surface area contributed by atoms with Crippen LogP contribution in [0.25, 0.3) is 11.2 Å². The van der Waals surface area contributed by atoms with Gasteiger partial charge in [-0.05, 0) is 60.9 Å². The molecule has 0 radical (unpaired) electrons. The van der Waals surface area contributed by atoms with Crippen LogP contribution in [0.1, 0.15) is 82.2 Å². The van der Waals surface area contributed by atoms with E-state index in [2.05, 4.69) is 70.7 Å². The second-order valence-electron chi connectivity index (χ2n) is 22.1. The number of H-pyrrole nitrogens is 1. The standard InChI is InChI=1S/C56H68N12O18P2S2/c1-31(2)46(62-41(69)12-6-5-9-21-67-44(71)17-18-45(67)72)52(75)60-32(3)51(74)61-37-15-13-33(14-16-37)26-80-56(77)66(4)25-35-11-8-7-10-34(35)23-42(70)63-55-64-50-47(53(76)65-55)59-30-68(50)54-49-48(73)40(84-54)28-82-87(78,89)85-39-24-38(83-43-19-20-57-29-58-43)22-36(39)27-81-88(79,90)86-49/h7-8,10-11,13-20,29-32,36,38-40,46,48-49,54,73H,5-6,9,12,21-28H2,1-4H3,(H,60,75)(H,61,74)(H,62,69)(H,78,89)(H,79,90)(H2,63,64,65,70,76)/t32-,36+,38+,39-,40-,46-,48+,49+,54+,87+,88+/m0/s1. The Bertz CT molecular complexity index is 3640. The number of benzene rings is 2. The van der Waals surface area contributed by atoms with Crippen molar-refractivity contribution in [1.29, 1.82) is 0 Å². The number of fused-ring (bicyclic) bond motifs is 4. The molecule has 482 valence electrons. The van der Waals surface area contributed by atoms with E-state index in [1.54, 1.807) is 68.4 Å². The number of imide groups is 1. The molecule has 3 aliphatic heterocycles. The summed E-state index contributed by atoms with van der Waals surface area (Å²) in [5.41, 5.74) is 0.949. The van der Waals surface area contributed by atoms with E-state index < -0.39 is 104 Å². The molecule has 3 fully saturated rings. The molecule has 90 heavy (non-hydrogen) atoms. The predicted molar refractivity (Wildman–Crippen MR) is 326 cm³/mol. The van der Waals surface area contributed by atoms with Crippen LogP contribution in [0.4, 0.5) is 16.4 Å². The molecule has 30 nitrogen and oxygen atoms in total. The van der Waals surface area contributed by atoms with Crippen LogP contribution in [0, 0.1) is 11.8 Å². The molecule has 6 N–H and O–H groups in total. The summed E-state index contributed by atoms with van der Waals surface area (Å²) in [5.74, 6) is -3.64. The largest absolute Gasteiger partial charge is 0.474 e. The summed E-state index contributed by atoms with van der Waals surface area (Å²) in [6.07, 6.45) is 0.451. The molecule has 1 saturated carbocycles. The number of anilines is 2. The van der Waals surface area contributed by atoms with Gasteiger partial charge in [0.05, 0.1) is 32.1 Å². The number of nitrogens with one attached hydrogen (secondary N) is 5. The number of amides is 7. The molecule has 34 heteroatoms. The molecule has 7 amide bonds. The molecule has 0 unspecified atom stereocenters. The van der Waals surface area contributed by atoms with Gasteiger partial charge in [-0.3, -0.25) is 66.9 Å². The number of ether oxygens (including phenoxy) is 3. The van der Waals surface area contributed by atoms with Gasteiger partial charge in [0.25, 0.3) is 17.4 Å². The number of carbonyl (C=O) groups is 7. The van der Waals surface area contributed by atoms with Crippen LogP contribution in [0.3, 0.4) is 0 Å². The number of aromatic amines is 1. The number of aromatic nitrogens is 6. The third kappa shape index (κ3) is 17.6. The number of rotatable bonds is 22. The minimum atomic E-state index is -4.37. The van der Waals surface area contributed by atoms with E-state index in [1.165, 1.54) is 48.1 Å². The summed E-state index contributed by atoms with van der Waals surface area (Å²) in [5, 5.41) is 22.3. The molecule has 3 aromatic heterocycles. The fourth-order valence-electron chi connectivity index (χ4n) is 10.3. The highest BCUT2D eigenvalue weighted by Gasteiger charge is 2.51. The molecule has 11 atom stereocenters. The van der Waals surface area contributed by atoms with E-state index in [4.69, 9.17) is 32.3 Å². The maximum absolute atomic E-state index is 14.0. The van der Waals surface area contributed by atoms with Gasteiger partial charge in [0.2, 0.25) is 35.5 Å². The fraction of sp³-hybridized carbons (Fsp3) is 0.464. The van der Waals surface area contributed by atoms with E-state index in [0.717, 1.165) is 11.2 Å². The number of aliphatic hydroxyl groups excluding tert-OH is 1. The van der Waals surface area contributed by atoms with Crippen molar-refractivity contribution in [3.8, 4) is 5.88 Å². The van der Waals surface area contributed by atoms with Gasteiger partial charge in [-0.1, -0.05) is 81.2 Å². The van der Waals surface area contributed by atoms with E-state index in [9.17, 15) is 52.6 Å². The fourth-order valence-corrected chi connectivity index (χ4v) is 13.4. The van der Waals surface area contributed by atoms with Crippen molar-refractivity contribution in [2.45, 2.75) is 128 Å². The monoisotopic (exact) mass is 1320 g/mol. The Morgan fingerprint density at radius 2 is 1.57 bits per heavy atom. The molecule has 2 saturated heterocycles. The summed E-state index contributed by atoms with van der Waals surface area (Å²) < 4.78 is 69.7. The Hall–Kier alpha value is -7.38. The van der Waals surface area contributed by atoms with Crippen LogP contribution in [0.5, 0.6) is 5.88 Å². The zero-order chi connectivity index (χ0) is 64.4. The number of hydrogen-bond donors (Lipinski definition) is 8. The molecular formula is C56H68N12O18P2S2. The second-order valence-corrected chi connectivity index (χ2v) is 27.9. The lowest BCUT2D eigenvalue weighted by Crippen LogP contribution is -2.53. The van der Waals surface area contributed by atoms with Crippen molar-refractivity contribution in [2.24, 2.45) is 11.8 Å². The lowest BCUT2D eigenvalue weighted by atomic mass is 10.0. The van der Waals surface area contributed by atoms with Gasteiger partial charge < -0.3 is 44.7 Å². The number of hydrogen-bond acceptors (Lipinski definition) is 22. The van der Waals surface area contributed by atoms with Gasteiger partial charge in [0.15, 0.2) is 17.4 Å². The van der Waals surface area contributed by atoms with Gasteiger partial charge >= 0.3 is 19.7 Å². The summed E-state index contributed by atoms with van der Waals surface area (Å²) in [6.45, 7) is -4.21. The quantitative estimate of drug-likeness (QED) is 0.0197. The number of thiol groups is 2. The average molecular weight is 1320 g/mol. The summed E-state index contributed by atoms with van der Waals surface area (Å²) in [6, 6.07) is 13.0. The van der Waals surface area contributed by atoms with Crippen LogP contribution in [-0.4, -0.2) is 155 Å². The maximum atomic E-state index is 14.0. The van der Waals surface area contributed by atoms with Crippen molar-refractivity contribution in [3.63, 3.8) is 0 Å². The zero-order valence-corrected chi connectivity index (χ0v) is 52.7. The van der Waals surface area contributed by atoms with Crippen LogP contribution >= 0.6 is 38.1 Å². The van der Waals surface area contributed by atoms with E-state index in [-0.39, 0.29) is 92.7 Å². The van der Waals surface area contributed by atoms with Gasteiger partial charge in [-0.2, -0.15) is 4.98 Å². The zero-order valence-electron chi connectivity index (χ0n) is 49.1. The first kappa shape index (κ1) is 67.0. The molecule has 6 heterocycles. The van der Waals surface area contributed by atoms with Crippen molar-refractivity contribution in [1.82, 2.24) is 49.9 Å². The molecule has 4 aliphatic rings. The number of carbonyl (C=O) groups excluding carboxylic acids is 7. The molecular weight excluding hydrogens is 1250 g/mol. The highest BCUT2D eigenvalue weighted by Crippen LogP contribution is 2.60. The Morgan fingerprint density at radius 1 is 0.844 bits per heavy atom. The average Bonchev–Trinajstić information content (AvgIpc) is 1.62. The van der Waals surface area contributed by atoms with Crippen LogP contribution in [0.2, 0.25) is 0 Å². The van der Waals surface area contributed by atoms with Gasteiger partial charge in [-0.25, -0.2) is 28.9 Å². The lowest BCUT2D eigenvalue weighted by molar-refractivity contribution is -0.137. The SMILES string of the molecule is CC(C)[C@H](NC(=O)CCCCCN1C(=O)C=CC1=O)C(=O)N[C@@H](C)C(=O)Nc1ccc(COC(=O)N(C)Cc2ccccc2CC(=O)Nc2nc3c(ncn3[C@@H]3O[C@H]4CO[P@@](=O)(S)O[C@H]5C[C@H](Oc6ccncn6)C[C@@H]5CO[P@@](=O)(S)O[C@@H]3[C@@H]4O)c(=O)[nH]2)cc1. The lowest BCUT2D eigenvalue weighted by Gasteiger charge is -2.26. The number of nitrogens with zero attached hydrogens (tertiary/aromatic N) is 7. The minimum absolute atomic E-state index is 0.0202. The third-order valence-electron chi connectivity index (χ3n) is 15.1. The smallest absolute Gasteiger partial charge is 0.410 e. The summed E-state index contributed by atoms with van der Waals surface area (Å²) >= 11 is 8.42. The topological polar surface area (TPSA) is 382 Å². The van der Waals surface area contributed by atoms with E-state index in [0.29, 0.717) is 47.5 Å². The minimum Gasteiger partial charge on any atom is -0.474 e. The van der Waals surface area contributed by atoms with E-state index in [1.807, 2.05) is 0 Å². The molecule has 2 bridgehead atoms. The van der Waals surface area contributed by atoms with Gasteiger partial charge in [-0.15, -0.1) is 0 Å². The normalized spacial score (nSPS) is 24.9. The van der Waals surface area contributed by atoms with Crippen LogP contribution in [0.15, 0.2) is 90.4 Å². The highest BCUT2D eigenvalue weighted by atomic mass is 32.7. The number of aliphatic hydroxyl groups is 1. The Kier molecular flexibility index (Phi) is 22.1. The number of imidazole rings is 1.